The SMILES string of the molecule is CCc1ccc(N(C(=O)c2ccc(OC)cc2)C2(C(=O)NCc3ccccc3)CCN(C(C)=O)CC2)cc1. The predicted molar refractivity (Wildman–Crippen MR) is 148 cm³/mol. The lowest BCUT2D eigenvalue weighted by molar-refractivity contribution is -0.135. The summed E-state index contributed by atoms with van der Waals surface area (Å²) in [5, 5.41) is 3.09. The van der Waals surface area contributed by atoms with E-state index < -0.39 is 5.54 Å². The van der Waals surface area contributed by atoms with E-state index in [1.54, 1.807) is 41.2 Å². The van der Waals surface area contributed by atoms with Crippen LogP contribution in [0.15, 0.2) is 78.9 Å². The van der Waals surface area contributed by atoms with Gasteiger partial charge in [0.15, 0.2) is 0 Å². The summed E-state index contributed by atoms with van der Waals surface area (Å²) in [6.45, 7) is 4.72. The molecule has 0 saturated carbocycles. The van der Waals surface area contributed by atoms with E-state index in [-0.39, 0.29) is 17.7 Å². The standard InChI is InChI=1S/C31H35N3O4/c1-4-24-10-14-27(15-11-24)34(29(36)26-12-16-28(38-3)17-13-26)31(18-20-33(21-19-31)23(2)35)30(37)32-22-25-8-6-5-7-9-25/h5-17H,4,18-22H2,1-3H3,(H,32,37). The number of benzene rings is 3. The molecule has 198 valence electrons. The molecule has 0 aliphatic carbocycles. The maximum atomic E-state index is 14.2. The molecule has 7 heteroatoms. The summed E-state index contributed by atoms with van der Waals surface area (Å²) in [6.07, 6.45) is 1.51. The Morgan fingerprint density at radius 2 is 1.53 bits per heavy atom. The van der Waals surface area contributed by atoms with E-state index in [0.29, 0.717) is 49.5 Å². The first-order valence-corrected chi connectivity index (χ1v) is 13.0. The summed E-state index contributed by atoms with van der Waals surface area (Å²) >= 11 is 0. The molecule has 1 saturated heterocycles. The molecule has 0 radical (unpaired) electrons. The van der Waals surface area contributed by atoms with Gasteiger partial charge in [-0.3, -0.25) is 19.3 Å². The molecule has 0 atom stereocenters. The summed E-state index contributed by atoms with van der Waals surface area (Å²) in [5.41, 5.74) is 2.03. The minimum atomic E-state index is -1.18. The van der Waals surface area contributed by atoms with Crippen LogP contribution in [0.25, 0.3) is 0 Å². The van der Waals surface area contributed by atoms with Crippen LogP contribution in [0.4, 0.5) is 5.69 Å². The number of methoxy groups -OCH3 is 1. The van der Waals surface area contributed by atoms with Crippen LogP contribution in [0.2, 0.25) is 0 Å². The molecule has 38 heavy (non-hydrogen) atoms. The van der Waals surface area contributed by atoms with Crippen molar-refractivity contribution in [3.05, 3.63) is 95.6 Å². The maximum absolute atomic E-state index is 14.2. The van der Waals surface area contributed by atoms with Gasteiger partial charge in [-0.15, -0.1) is 0 Å². The van der Waals surface area contributed by atoms with Crippen molar-refractivity contribution in [3.63, 3.8) is 0 Å². The number of likely N-dealkylation sites (tertiary alicyclic amines) is 1. The van der Waals surface area contributed by atoms with E-state index in [1.807, 2.05) is 54.6 Å². The molecule has 3 aromatic rings. The lowest BCUT2D eigenvalue weighted by Crippen LogP contribution is -2.65. The van der Waals surface area contributed by atoms with Crippen LogP contribution in [0.1, 0.15) is 48.2 Å². The Hall–Kier alpha value is -4.13. The summed E-state index contributed by atoms with van der Waals surface area (Å²) in [7, 11) is 1.58. The highest BCUT2D eigenvalue weighted by molar-refractivity contribution is 6.11. The van der Waals surface area contributed by atoms with E-state index in [0.717, 1.165) is 17.5 Å². The Kier molecular flexibility index (Phi) is 8.46. The minimum Gasteiger partial charge on any atom is -0.497 e. The molecule has 3 aromatic carbocycles. The molecule has 1 aliphatic rings. The number of hydrogen-bond donors (Lipinski definition) is 1. The van der Waals surface area contributed by atoms with Gasteiger partial charge in [-0.2, -0.15) is 0 Å². The summed E-state index contributed by atoms with van der Waals surface area (Å²) < 4.78 is 5.28. The van der Waals surface area contributed by atoms with E-state index >= 15 is 0 Å². The van der Waals surface area contributed by atoms with Crippen LogP contribution in [0.5, 0.6) is 5.75 Å². The predicted octanol–water partition coefficient (Wildman–Crippen LogP) is 4.60. The van der Waals surface area contributed by atoms with E-state index in [1.165, 1.54) is 6.92 Å². The maximum Gasteiger partial charge on any atom is 0.259 e. The second-order valence-corrected chi connectivity index (χ2v) is 9.59. The number of nitrogens with one attached hydrogen (secondary N) is 1. The Morgan fingerprint density at radius 3 is 2.08 bits per heavy atom. The smallest absolute Gasteiger partial charge is 0.259 e. The number of anilines is 1. The highest BCUT2D eigenvalue weighted by atomic mass is 16.5. The molecule has 1 N–H and O–H groups in total. The molecule has 0 unspecified atom stereocenters. The van der Waals surface area contributed by atoms with Crippen molar-refractivity contribution >= 4 is 23.4 Å². The third-order valence-corrected chi connectivity index (χ3v) is 7.33. The number of hydrogen-bond acceptors (Lipinski definition) is 4. The van der Waals surface area contributed by atoms with Crippen molar-refractivity contribution in [1.82, 2.24) is 10.2 Å². The van der Waals surface area contributed by atoms with Crippen LogP contribution >= 0.6 is 0 Å². The first-order valence-electron chi connectivity index (χ1n) is 13.0. The minimum absolute atomic E-state index is 0.0383. The van der Waals surface area contributed by atoms with Crippen molar-refractivity contribution in [2.75, 3.05) is 25.1 Å². The Labute approximate surface area is 224 Å². The Bertz CT molecular complexity index is 1250. The van der Waals surface area contributed by atoms with E-state index in [2.05, 4.69) is 12.2 Å². The third kappa shape index (κ3) is 5.72. The zero-order valence-corrected chi connectivity index (χ0v) is 22.3. The van der Waals surface area contributed by atoms with Crippen LogP contribution in [-0.2, 0) is 22.6 Å². The fourth-order valence-electron chi connectivity index (χ4n) is 4.99. The number of carbonyl (C=O) groups excluding carboxylic acids is 3. The Balaban J connectivity index is 1.77. The average molecular weight is 514 g/mol. The molecule has 0 aromatic heterocycles. The van der Waals surface area contributed by atoms with Gasteiger partial charge in [0.2, 0.25) is 11.8 Å². The van der Waals surface area contributed by atoms with Gasteiger partial charge in [0.1, 0.15) is 11.3 Å². The molecule has 0 spiro atoms. The molecule has 1 fully saturated rings. The van der Waals surface area contributed by atoms with Gasteiger partial charge in [0, 0.05) is 37.8 Å². The van der Waals surface area contributed by atoms with Crippen LogP contribution in [0, 0.1) is 0 Å². The number of rotatable bonds is 8. The largest absolute Gasteiger partial charge is 0.497 e. The number of carbonyl (C=O) groups is 3. The fraction of sp³-hybridized carbons (Fsp3) is 0.323. The van der Waals surface area contributed by atoms with E-state index in [4.69, 9.17) is 4.74 Å². The van der Waals surface area contributed by atoms with Gasteiger partial charge in [-0.25, -0.2) is 0 Å². The number of amides is 3. The van der Waals surface area contributed by atoms with Crippen molar-refractivity contribution in [1.29, 1.82) is 0 Å². The second-order valence-electron chi connectivity index (χ2n) is 9.59. The number of ether oxygens (including phenoxy) is 1. The normalized spacial score (nSPS) is 14.4. The highest BCUT2D eigenvalue weighted by Crippen LogP contribution is 2.36. The number of aryl methyl sites for hydroxylation is 1. The van der Waals surface area contributed by atoms with Gasteiger partial charge in [-0.1, -0.05) is 49.4 Å². The zero-order valence-electron chi connectivity index (χ0n) is 22.3. The van der Waals surface area contributed by atoms with Crippen molar-refractivity contribution in [3.8, 4) is 5.75 Å². The van der Waals surface area contributed by atoms with Crippen LogP contribution in [-0.4, -0.2) is 48.4 Å². The van der Waals surface area contributed by atoms with Gasteiger partial charge >= 0.3 is 0 Å². The quantitative estimate of drug-likeness (QED) is 0.478. The lowest BCUT2D eigenvalue weighted by Gasteiger charge is -2.47. The van der Waals surface area contributed by atoms with Crippen LogP contribution < -0.4 is 15.0 Å². The highest BCUT2D eigenvalue weighted by Gasteiger charge is 2.49. The van der Waals surface area contributed by atoms with Crippen molar-refractivity contribution < 1.29 is 19.1 Å². The molecular formula is C31H35N3O4. The summed E-state index contributed by atoms with van der Waals surface area (Å²) in [5.74, 6) is 0.100. The van der Waals surface area contributed by atoms with Crippen molar-refractivity contribution in [2.24, 2.45) is 0 Å². The molecular weight excluding hydrogens is 478 g/mol. The van der Waals surface area contributed by atoms with Gasteiger partial charge in [0.25, 0.3) is 5.91 Å². The van der Waals surface area contributed by atoms with Gasteiger partial charge in [0.05, 0.1) is 7.11 Å². The molecule has 1 heterocycles. The molecule has 4 rings (SSSR count). The Morgan fingerprint density at radius 1 is 0.895 bits per heavy atom. The third-order valence-electron chi connectivity index (χ3n) is 7.33. The summed E-state index contributed by atoms with van der Waals surface area (Å²) in [6, 6.07) is 24.4. The zero-order chi connectivity index (χ0) is 27.1. The topological polar surface area (TPSA) is 79.0 Å². The van der Waals surface area contributed by atoms with Gasteiger partial charge in [-0.05, 0) is 66.8 Å². The molecule has 3 amide bonds. The first-order chi connectivity index (χ1) is 18.4. The monoisotopic (exact) mass is 513 g/mol. The molecule has 7 nitrogen and oxygen atoms in total. The first kappa shape index (κ1) is 26.9. The number of nitrogens with zero attached hydrogens (tertiary/aromatic N) is 2. The average Bonchev–Trinajstić information content (AvgIpc) is 2.97. The lowest BCUT2D eigenvalue weighted by atomic mass is 9.83. The second kappa shape index (κ2) is 11.9. The van der Waals surface area contributed by atoms with Crippen LogP contribution in [0.3, 0.4) is 0 Å². The summed E-state index contributed by atoms with van der Waals surface area (Å²) in [4.78, 5) is 43.9. The number of piperidine rings is 1. The molecule has 0 bridgehead atoms. The van der Waals surface area contributed by atoms with E-state index in [9.17, 15) is 14.4 Å². The molecule has 1 aliphatic heterocycles. The van der Waals surface area contributed by atoms with Gasteiger partial charge < -0.3 is 15.0 Å². The fourth-order valence-corrected chi connectivity index (χ4v) is 4.99. The van der Waals surface area contributed by atoms with Crippen molar-refractivity contribution in [2.45, 2.75) is 45.2 Å².